The molecule has 2 aromatic heterocycles. The predicted molar refractivity (Wildman–Crippen MR) is 144 cm³/mol. The van der Waals surface area contributed by atoms with Crippen molar-refractivity contribution in [2.75, 3.05) is 67.6 Å². The summed E-state index contributed by atoms with van der Waals surface area (Å²) in [6.45, 7) is 9.29. The lowest BCUT2D eigenvalue weighted by Crippen LogP contribution is -2.67. The molecule has 6 rings (SSSR count). The Hall–Kier alpha value is -3.24. The molecule has 0 aromatic carbocycles. The van der Waals surface area contributed by atoms with Crippen LogP contribution in [0.3, 0.4) is 0 Å². The maximum absolute atomic E-state index is 12.7. The van der Waals surface area contributed by atoms with Crippen molar-refractivity contribution < 1.29 is 9.53 Å². The fourth-order valence-corrected chi connectivity index (χ4v) is 6.11. The van der Waals surface area contributed by atoms with E-state index in [0.717, 1.165) is 75.8 Å². The molecule has 1 unspecified atom stereocenters. The van der Waals surface area contributed by atoms with Gasteiger partial charge in [-0.3, -0.25) is 9.69 Å². The molecule has 5 heterocycles. The normalized spacial score (nSPS) is 22.6. The van der Waals surface area contributed by atoms with Crippen LogP contribution in [0.15, 0.2) is 30.6 Å². The first-order chi connectivity index (χ1) is 18.1. The summed E-state index contributed by atoms with van der Waals surface area (Å²) in [5.41, 5.74) is 2.00. The zero-order valence-corrected chi connectivity index (χ0v) is 21.5. The zero-order valence-electron chi connectivity index (χ0n) is 21.5. The average Bonchev–Trinajstić information content (AvgIpc) is 3.41. The maximum atomic E-state index is 12.7. The summed E-state index contributed by atoms with van der Waals surface area (Å²) in [4.78, 5) is 33.9. The van der Waals surface area contributed by atoms with Gasteiger partial charge in [0.25, 0.3) is 0 Å². The van der Waals surface area contributed by atoms with Crippen molar-refractivity contribution in [2.24, 2.45) is 0 Å². The van der Waals surface area contributed by atoms with Crippen LogP contribution in [-0.2, 0) is 9.53 Å². The van der Waals surface area contributed by atoms with Crippen LogP contribution in [0.1, 0.15) is 38.2 Å². The summed E-state index contributed by atoms with van der Waals surface area (Å²) in [5, 5.41) is 6.41. The standard InChI is InChI=1S/C27H36N8O2/c1-2-37-16-15-33-11-13-34(14-12-33)21-6-8-23(28-18-21)31-26-29-17-20-5-7-22-25(36)30-19-27(9-3-4-10-27)35(22)24(20)32-26/h5-8,17-18,22H,2-4,9-16,19H2,1H3,(H,30,36)(H,28,29,31,32). The van der Waals surface area contributed by atoms with Crippen LogP contribution in [0.5, 0.6) is 0 Å². The second-order valence-electron chi connectivity index (χ2n) is 10.3. The molecule has 2 N–H and O–H groups in total. The van der Waals surface area contributed by atoms with E-state index in [4.69, 9.17) is 9.72 Å². The molecule has 10 heteroatoms. The van der Waals surface area contributed by atoms with E-state index in [0.29, 0.717) is 18.3 Å². The molecule has 2 aromatic rings. The molecule has 2 saturated heterocycles. The van der Waals surface area contributed by atoms with E-state index in [1.54, 1.807) is 0 Å². The van der Waals surface area contributed by atoms with E-state index in [9.17, 15) is 4.79 Å². The van der Waals surface area contributed by atoms with Crippen LogP contribution >= 0.6 is 0 Å². The third-order valence-corrected chi connectivity index (χ3v) is 8.15. The van der Waals surface area contributed by atoms with Gasteiger partial charge in [-0.25, -0.2) is 9.97 Å². The van der Waals surface area contributed by atoms with Crippen LogP contribution < -0.4 is 20.4 Å². The van der Waals surface area contributed by atoms with Gasteiger partial charge in [0.05, 0.1) is 24.0 Å². The van der Waals surface area contributed by atoms with E-state index in [-0.39, 0.29) is 17.5 Å². The minimum Gasteiger partial charge on any atom is -0.380 e. The van der Waals surface area contributed by atoms with Gasteiger partial charge in [0.15, 0.2) is 0 Å². The van der Waals surface area contributed by atoms with E-state index < -0.39 is 0 Å². The highest BCUT2D eigenvalue weighted by molar-refractivity contribution is 5.93. The Bertz CT molecular complexity index is 1140. The average molecular weight is 505 g/mol. The number of hydrogen-bond acceptors (Lipinski definition) is 9. The Morgan fingerprint density at radius 1 is 1.14 bits per heavy atom. The summed E-state index contributed by atoms with van der Waals surface area (Å²) >= 11 is 0. The highest BCUT2D eigenvalue weighted by atomic mass is 16.5. The lowest BCUT2D eigenvalue weighted by Gasteiger charge is -2.50. The Labute approximate surface area is 218 Å². The monoisotopic (exact) mass is 504 g/mol. The van der Waals surface area contributed by atoms with Gasteiger partial charge in [-0.1, -0.05) is 25.0 Å². The number of nitrogens with one attached hydrogen (secondary N) is 2. The van der Waals surface area contributed by atoms with E-state index in [2.05, 4.69) is 41.4 Å². The molecular formula is C27H36N8O2. The summed E-state index contributed by atoms with van der Waals surface area (Å²) in [6, 6.07) is 3.76. The first-order valence-corrected chi connectivity index (χ1v) is 13.6. The van der Waals surface area contributed by atoms with Gasteiger partial charge in [-0.15, -0.1) is 0 Å². The van der Waals surface area contributed by atoms with Gasteiger partial charge in [0.2, 0.25) is 11.9 Å². The van der Waals surface area contributed by atoms with Crippen LogP contribution in [-0.4, -0.2) is 89.8 Å². The zero-order chi connectivity index (χ0) is 25.2. The van der Waals surface area contributed by atoms with Gasteiger partial charge < -0.3 is 25.2 Å². The molecule has 1 amide bonds. The minimum atomic E-state index is -0.320. The van der Waals surface area contributed by atoms with E-state index >= 15 is 0 Å². The molecule has 10 nitrogen and oxygen atoms in total. The number of anilines is 4. The van der Waals surface area contributed by atoms with Gasteiger partial charge in [-0.05, 0) is 31.9 Å². The molecule has 3 aliphatic heterocycles. The van der Waals surface area contributed by atoms with Crippen molar-refractivity contribution in [1.82, 2.24) is 25.2 Å². The van der Waals surface area contributed by atoms with E-state index in [1.807, 2.05) is 37.5 Å². The van der Waals surface area contributed by atoms with Gasteiger partial charge in [0.1, 0.15) is 17.7 Å². The smallest absolute Gasteiger partial charge is 0.246 e. The van der Waals surface area contributed by atoms with Gasteiger partial charge in [0, 0.05) is 57.6 Å². The summed E-state index contributed by atoms with van der Waals surface area (Å²) in [7, 11) is 0. The Kier molecular flexibility index (Phi) is 6.69. The SMILES string of the molecule is CCOCCN1CCN(c2ccc(Nc3ncc4c(n3)N3C(C=C4)C(=O)NCC34CCCC4)nc2)CC1. The number of rotatable bonds is 7. The topological polar surface area (TPSA) is 98.8 Å². The highest BCUT2D eigenvalue weighted by Gasteiger charge is 2.50. The Morgan fingerprint density at radius 2 is 1.97 bits per heavy atom. The quantitative estimate of drug-likeness (QED) is 0.551. The van der Waals surface area contributed by atoms with Gasteiger partial charge >= 0.3 is 0 Å². The van der Waals surface area contributed by atoms with Crippen molar-refractivity contribution in [3.8, 4) is 0 Å². The number of nitrogens with zero attached hydrogens (tertiary/aromatic N) is 6. The van der Waals surface area contributed by atoms with Crippen molar-refractivity contribution in [3.63, 3.8) is 0 Å². The van der Waals surface area contributed by atoms with Crippen molar-refractivity contribution in [3.05, 3.63) is 36.2 Å². The summed E-state index contributed by atoms with van der Waals surface area (Å²) in [6.07, 6.45) is 12.2. The summed E-state index contributed by atoms with van der Waals surface area (Å²) < 4.78 is 5.49. The van der Waals surface area contributed by atoms with Crippen LogP contribution in [0.4, 0.5) is 23.3 Å². The first-order valence-electron chi connectivity index (χ1n) is 13.6. The maximum Gasteiger partial charge on any atom is 0.246 e. The molecule has 0 radical (unpaired) electrons. The molecule has 4 aliphatic rings. The number of amides is 1. The van der Waals surface area contributed by atoms with Crippen molar-refractivity contribution in [2.45, 2.75) is 44.2 Å². The number of ether oxygens (including phenoxy) is 1. The summed E-state index contributed by atoms with van der Waals surface area (Å²) in [5.74, 6) is 2.07. The number of carbonyl (C=O) groups is 1. The molecule has 1 atom stereocenters. The number of fused-ring (bicyclic) bond motifs is 4. The molecule has 1 saturated carbocycles. The van der Waals surface area contributed by atoms with Crippen molar-refractivity contribution >= 4 is 35.3 Å². The number of aromatic nitrogens is 3. The first kappa shape index (κ1) is 24.1. The van der Waals surface area contributed by atoms with Gasteiger partial charge in [-0.2, -0.15) is 4.98 Å². The number of pyridine rings is 1. The molecule has 196 valence electrons. The van der Waals surface area contributed by atoms with Crippen molar-refractivity contribution in [1.29, 1.82) is 0 Å². The fraction of sp³-hybridized carbons (Fsp3) is 0.556. The fourth-order valence-electron chi connectivity index (χ4n) is 6.11. The molecule has 1 spiro atoms. The van der Waals surface area contributed by atoms with Crippen LogP contribution in [0, 0.1) is 0 Å². The lowest BCUT2D eigenvalue weighted by molar-refractivity contribution is -0.123. The number of carbonyl (C=O) groups excluding carboxylic acids is 1. The Morgan fingerprint density at radius 3 is 2.73 bits per heavy atom. The number of hydrogen-bond donors (Lipinski definition) is 2. The molecule has 0 bridgehead atoms. The Balaban J connectivity index is 1.14. The van der Waals surface area contributed by atoms with Crippen LogP contribution in [0.2, 0.25) is 0 Å². The predicted octanol–water partition coefficient (Wildman–Crippen LogP) is 2.42. The van der Waals surface area contributed by atoms with Crippen LogP contribution in [0.25, 0.3) is 6.08 Å². The molecular weight excluding hydrogens is 468 g/mol. The molecule has 1 aliphatic carbocycles. The highest BCUT2D eigenvalue weighted by Crippen LogP contribution is 2.43. The third-order valence-electron chi connectivity index (χ3n) is 8.15. The molecule has 3 fully saturated rings. The second-order valence-corrected chi connectivity index (χ2v) is 10.3. The third kappa shape index (κ3) is 4.75. The second kappa shape index (κ2) is 10.3. The molecule has 37 heavy (non-hydrogen) atoms. The van der Waals surface area contributed by atoms with E-state index in [1.165, 1.54) is 12.8 Å². The largest absolute Gasteiger partial charge is 0.380 e. The number of piperazine rings is 2. The minimum absolute atomic E-state index is 0.0416. The lowest BCUT2D eigenvalue weighted by atomic mass is 9.87.